The van der Waals surface area contributed by atoms with Crippen LogP contribution in [0.3, 0.4) is 0 Å². The molecule has 1 aromatic heterocycles. The summed E-state index contributed by atoms with van der Waals surface area (Å²) in [6.45, 7) is 3.11. The molecule has 3 rings (SSSR count). The minimum absolute atomic E-state index is 0.142. The van der Waals surface area contributed by atoms with Crippen LogP contribution in [0, 0.1) is 0 Å². The molecule has 1 aromatic carbocycles. The number of nitrogens with zero attached hydrogens (tertiary/aromatic N) is 4. The lowest BCUT2D eigenvalue weighted by Gasteiger charge is -2.16. The number of hydrogen-bond donors (Lipinski definition) is 0. The van der Waals surface area contributed by atoms with Gasteiger partial charge in [0.25, 0.3) is 5.90 Å². The second-order valence-electron chi connectivity index (χ2n) is 4.91. The molecule has 0 saturated carbocycles. The quantitative estimate of drug-likeness (QED) is 0.554. The van der Waals surface area contributed by atoms with Crippen LogP contribution in [0.1, 0.15) is 12.5 Å². The van der Waals surface area contributed by atoms with Gasteiger partial charge in [0.05, 0.1) is 12.2 Å². The van der Waals surface area contributed by atoms with Crippen LogP contribution in [0.25, 0.3) is 0 Å². The average molecular weight is 358 g/mol. The summed E-state index contributed by atoms with van der Waals surface area (Å²) in [5.41, 5.74) is 0.924. The van der Waals surface area contributed by atoms with Gasteiger partial charge in [0, 0.05) is 12.3 Å². The highest BCUT2D eigenvalue weighted by molar-refractivity contribution is 6.45. The smallest absolute Gasteiger partial charge is 0.325 e. The minimum atomic E-state index is 0.142. The number of benzene rings is 1. The first-order chi connectivity index (χ1) is 12.8. The van der Waals surface area contributed by atoms with Gasteiger partial charge in [-0.15, -0.1) is 0 Å². The molecule has 0 unspecified atom stereocenters. The molecule has 0 atom stereocenters. The Morgan fingerprint density at radius 1 is 1.23 bits per heavy atom. The van der Waals surface area contributed by atoms with Gasteiger partial charge in [-0.2, -0.15) is 4.98 Å². The lowest BCUT2D eigenvalue weighted by Crippen LogP contribution is -2.25. The van der Waals surface area contributed by atoms with Gasteiger partial charge in [0.2, 0.25) is 5.88 Å². The second-order valence-corrected chi connectivity index (χ2v) is 4.91. The summed E-state index contributed by atoms with van der Waals surface area (Å²) in [4.78, 5) is 18.3. The van der Waals surface area contributed by atoms with Gasteiger partial charge in [0.1, 0.15) is 19.5 Å². The predicted octanol–water partition coefficient (Wildman–Crippen LogP) is 2.38. The van der Waals surface area contributed by atoms with Crippen molar-refractivity contribution in [1.82, 2.24) is 9.97 Å². The number of ether oxygens (including phenoxy) is 3. The van der Waals surface area contributed by atoms with E-state index >= 15 is 0 Å². The fraction of sp³-hybridized carbons (Fsp3) is 0.294. The third-order valence-electron chi connectivity index (χ3n) is 3.19. The van der Waals surface area contributed by atoms with Crippen molar-refractivity contribution in [3.63, 3.8) is 0 Å². The lowest BCUT2D eigenvalue weighted by molar-refractivity contribution is 0.0672. The van der Waals surface area contributed by atoms with Crippen LogP contribution in [-0.4, -0.2) is 48.5 Å². The standard InChI is InChI=1S/C17H18N4O5/c1-3-23-14-8-9-18-17(19-14)26-13-7-5-4-6-12(13)15(20-22-2)16-21-25-11-10-24-16/h4-9H,3,10-11H2,1-2H3. The van der Waals surface area contributed by atoms with E-state index in [4.69, 9.17) is 23.9 Å². The molecular formula is C17H18N4O5. The van der Waals surface area contributed by atoms with E-state index in [0.29, 0.717) is 42.7 Å². The maximum Gasteiger partial charge on any atom is 0.325 e. The van der Waals surface area contributed by atoms with E-state index < -0.39 is 0 Å². The summed E-state index contributed by atoms with van der Waals surface area (Å²) in [7, 11) is 1.43. The largest absolute Gasteiger partial charge is 0.478 e. The molecule has 0 spiro atoms. The van der Waals surface area contributed by atoms with Crippen LogP contribution < -0.4 is 9.47 Å². The molecule has 0 aliphatic carbocycles. The van der Waals surface area contributed by atoms with E-state index in [1.165, 1.54) is 7.11 Å². The molecule has 9 heteroatoms. The van der Waals surface area contributed by atoms with Crippen molar-refractivity contribution >= 4 is 11.6 Å². The van der Waals surface area contributed by atoms with E-state index in [1.54, 1.807) is 24.4 Å². The van der Waals surface area contributed by atoms with Crippen LogP contribution in [0.4, 0.5) is 0 Å². The van der Waals surface area contributed by atoms with Crippen LogP contribution in [0.15, 0.2) is 46.8 Å². The number of aromatic nitrogens is 2. The van der Waals surface area contributed by atoms with Crippen molar-refractivity contribution < 1.29 is 23.9 Å². The fourth-order valence-corrected chi connectivity index (χ4v) is 2.16. The molecule has 26 heavy (non-hydrogen) atoms. The Morgan fingerprint density at radius 3 is 2.88 bits per heavy atom. The Bertz CT molecular complexity index is 809. The normalized spacial score (nSPS) is 13.9. The van der Waals surface area contributed by atoms with E-state index in [1.807, 2.05) is 19.1 Å². The predicted molar refractivity (Wildman–Crippen MR) is 92.6 cm³/mol. The Labute approximate surface area is 150 Å². The molecule has 1 aliphatic heterocycles. The Kier molecular flexibility index (Phi) is 5.81. The van der Waals surface area contributed by atoms with Crippen molar-refractivity contribution in [3.8, 4) is 17.6 Å². The summed E-state index contributed by atoms with van der Waals surface area (Å²) in [6, 6.07) is 8.98. The SMILES string of the molecule is CCOc1ccnc(Oc2ccccc2C(=NOC)C2=NOCCO2)n1. The molecule has 136 valence electrons. The van der Waals surface area contributed by atoms with E-state index in [9.17, 15) is 0 Å². The van der Waals surface area contributed by atoms with E-state index in [2.05, 4.69) is 20.3 Å². The van der Waals surface area contributed by atoms with Gasteiger partial charge in [-0.3, -0.25) is 0 Å². The zero-order valence-electron chi connectivity index (χ0n) is 14.4. The molecule has 0 radical (unpaired) electrons. The van der Waals surface area contributed by atoms with Gasteiger partial charge in [0.15, 0.2) is 12.3 Å². The molecule has 0 bridgehead atoms. The molecule has 9 nitrogen and oxygen atoms in total. The zero-order chi connectivity index (χ0) is 18.2. The Hall–Kier alpha value is -3.36. The fourth-order valence-electron chi connectivity index (χ4n) is 2.16. The van der Waals surface area contributed by atoms with E-state index in [0.717, 1.165) is 0 Å². The highest BCUT2D eigenvalue weighted by atomic mass is 16.7. The van der Waals surface area contributed by atoms with Crippen molar-refractivity contribution in [2.45, 2.75) is 6.92 Å². The highest BCUT2D eigenvalue weighted by Crippen LogP contribution is 2.25. The van der Waals surface area contributed by atoms with Gasteiger partial charge >= 0.3 is 6.01 Å². The first kappa shape index (κ1) is 17.5. The minimum Gasteiger partial charge on any atom is -0.478 e. The summed E-state index contributed by atoms with van der Waals surface area (Å²) >= 11 is 0. The number of para-hydroxylation sites is 1. The van der Waals surface area contributed by atoms with Gasteiger partial charge in [-0.05, 0) is 24.2 Å². The molecule has 2 heterocycles. The Balaban J connectivity index is 1.93. The van der Waals surface area contributed by atoms with Crippen molar-refractivity contribution in [2.24, 2.45) is 10.3 Å². The van der Waals surface area contributed by atoms with Crippen LogP contribution >= 0.6 is 0 Å². The van der Waals surface area contributed by atoms with E-state index in [-0.39, 0.29) is 11.9 Å². The highest BCUT2D eigenvalue weighted by Gasteiger charge is 2.22. The monoisotopic (exact) mass is 358 g/mol. The van der Waals surface area contributed by atoms with Gasteiger partial charge in [-0.1, -0.05) is 17.3 Å². The first-order valence-electron chi connectivity index (χ1n) is 7.99. The third kappa shape index (κ3) is 4.18. The zero-order valence-corrected chi connectivity index (χ0v) is 14.4. The van der Waals surface area contributed by atoms with Crippen LogP contribution in [-0.2, 0) is 14.4 Å². The third-order valence-corrected chi connectivity index (χ3v) is 3.19. The topological polar surface area (TPSA) is 96.7 Å². The van der Waals surface area contributed by atoms with Crippen LogP contribution in [0.2, 0.25) is 0 Å². The van der Waals surface area contributed by atoms with Crippen molar-refractivity contribution in [1.29, 1.82) is 0 Å². The van der Waals surface area contributed by atoms with Crippen molar-refractivity contribution in [3.05, 3.63) is 42.1 Å². The molecule has 0 saturated heterocycles. The second kappa shape index (κ2) is 8.65. The summed E-state index contributed by atoms with van der Waals surface area (Å²) in [6.07, 6.45) is 1.56. The molecule has 0 N–H and O–H groups in total. The molecule has 0 fully saturated rings. The van der Waals surface area contributed by atoms with Gasteiger partial charge in [-0.25, -0.2) is 4.98 Å². The molecule has 1 aliphatic rings. The molecular weight excluding hydrogens is 340 g/mol. The molecule has 2 aromatic rings. The maximum absolute atomic E-state index is 5.82. The Morgan fingerprint density at radius 2 is 2.12 bits per heavy atom. The summed E-state index contributed by atoms with van der Waals surface area (Å²) in [5, 5.41) is 7.89. The van der Waals surface area contributed by atoms with Crippen LogP contribution in [0.5, 0.6) is 17.6 Å². The van der Waals surface area contributed by atoms with Crippen molar-refractivity contribution in [2.75, 3.05) is 26.9 Å². The number of hydrogen-bond acceptors (Lipinski definition) is 9. The number of rotatable bonds is 7. The summed E-state index contributed by atoms with van der Waals surface area (Å²) in [5.74, 6) is 1.08. The lowest BCUT2D eigenvalue weighted by atomic mass is 10.1. The van der Waals surface area contributed by atoms with Gasteiger partial charge < -0.3 is 23.9 Å². The first-order valence-corrected chi connectivity index (χ1v) is 7.99. The average Bonchev–Trinajstić information content (AvgIpc) is 2.68. The molecule has 0 amide bonds. The summed E-state index contributed by atoms with van der Waals surface area (Å²) < 4.78 is 16.7. The number of oxime groups is 2. The maximum atomic E-state index is 5.82.